The van der Waals surface area contributed by atoms with E-state index in [9.17, 15) is 9.50 Å². The molecule has 1 rings (SSSR count). The van der Waals surface area contributed by atoms with Gasteiger partial charge in [-0.25, -0.2) is 0 Å². The Hall–Kier alpha value is -1.20. The fourth-order valence-electron chi connectivity index (χ4n) is 1.24. The van der Waals surface area contributed by atoms with E-state index in [4.69, 9.17) is 16.3 Å². The molecule has 0 aliphatic carbocycles. The molecule has 0 atom stereocenters. The third-order valence-electron chi connectivity index (χ3n) is 2.21. The number of rotatable bonds is 7. The third-order valence-corrected chi connectivity index (χ3v) is 2.50. The van der Waals surface area contributed by atoms with Gasteiger partial charge in [0.1, 0.15) is 0 Å². The molecule has 6 heteroatoms. The molecule has 0 amide bonds. The minimum atomic E-state index is 0.376. The predicted octanol–water partition coefficient (Wildman–Crippen LogP) is 1.47. The molecule has 0 spiro atoms. The van der Waals surface area contributed by atoms with Crippen molar-refractivity contribution in [3.8, 4) is 5.75 Å². The van der Waals surface area contributed by atoms with Crippen molar-refractivity contribution in [2.45, 2.75) is 0 Å². The van der Waals surface area contributed by atoms with Gasteiger partial charge in [-0.1, -0.05) is 0 Å². The second-order valence-corrected chi connectivity index (χ2v) is 3.99. The van der Waals surface area contributed by atoms with E-state index in [-0.39, 0.29) is 0 Å². The first-order valence-corrected chi connectivity index (χ1v) is 5.55. The van der Waals surface area contributed by atoms with E-state index in [0.717, 1.165) is 13.4 Å². The van der Waals surface area contributed by atoms with E-state index >= 15 is 0 Å². The van der Waals surface area contributed by atoms with Crippen LogP contribution in [-0.2, 0) is 4.70 Å². The Morgan fingerprint density at radius 3 is 2.88 bits per heavy atom. The van der Waals surface area contributed by atoms with Crippen LogP contribution in [0.4, 0.5) is 0 Å². The summed E-state index contributed by atoms with van der Waals surface area (Å²) in [4.78, 5) is 12.3. The Labute approximate surface area is 106 Å². The number of carbonyl (C=O) groups is 1. The summed E-state index contributed by atoms with van der Waals surface area (Å²) < 4.78 is 15.7. The van der Waals surface area contributed by atoms with Gasteiger partial charge in [0.05, 0.1) is 0 Å². The maximum absolute atomic E-state index is 10.5. The molecule has 0 saturated carbocycles. The van der Waals surface area contributed by atoms with Gasteiger partial charge in [0, 0.05) is 0 Å². The van der Waals surface area contributed by atoms with Crippen LogP contribution in [0.1, 0.15) is 10.4 Å². The van der Waals surface area contributed by atoms with Crippen LogP contribution in [0, 0.1) is 0 Å². The number of hydrogen-bond donors (Lipinski definition) is 0. The summed E-state index contributed by atoms with van der Waals surface area (Å²) in [6.07, 6.45) is 1.11. The molecule has 0 radical (unpaired) electrons. The number of benzene rings is 1. The van der Waals surface area contributed by atoms with E-state index in [0.29, 0.717) is 35.9 Å². The number of nitrogens with zero attached hydrogens (tertiary/aromatic N) is 1. The first kappa shape index (κ1) is 13.9. The molecule has 0 heterocycles. The first-order valence-electron chi connectivity index (χ1n) is 5.17. The van der Waals surface area contributed by atoms with Gasteiger partial charge in [0.15, 0.2) is 0 Å². The number of halogens is 1. The van der Waals surface area contributed by atoms with Crippen molar-refractivity contribution in [1.29, 1.82) is 0 Å². The Kier molecular flexibility index (Phi) is 5.87. The summed E-state index contributed by atoms with van der Waals surface area (Å²) in [5.41, 5.74) is 0.514. The van der Waals surface area contributed by atoms with E-state index in [2.05, 4.69) is 0 Å². The number of carbonyl (C=O) groups excluding carboxylic acids is 1. The predicted molar refractivity (Wildman–Crippen MR) is 66.3 cm³/mol. The van der Waals surface area contributed by atoms with Crippen LogP contribution in [0.2, 0.25) is 5.02 Å². The number of hydrogen-bond acceptors (Lipinski definition) is 4. The second-order valence-electron chi connectivity index (χ2n) is 3.59. The molecule has 0 aliphatic rings. The van der Waals surface area contributed by atoms with Gasteiger partial charge in [0.25, 0.3) is 0 Å². The molecule has 0 aromatic heterocycles. The van der Waals surface area contributed by atoms with Gasteiger partial charge in [-0.15, -0.1) is 0 Å². The Balaban J connectivity index is 2.46. The monoisotopic (exact) mass is 253 g/mol. The van der Waals surface area contributed by atoms with Crippen LogP contribution >= 0.6 is 11.6 Å². The fraction of sp³-hybridized carbons (Fsp3) is 0.364. The van der Waals surface area contributed by atoms with Gasteiger partial charge in [-0.05, 0) is 0 Å². The van der Waals surface area contributed by atoms with Crippen molar-refractivity contribution in [3.05, 3.63) is 28.8 Å². The summed E-state index contributed by atoms with van der Waals surface area (Å²) in [6, 6.07) is 4.86. The van der Waals surface area contributed by atoms with Crippen molar-refractivity contribution >= 4 is 25.0 Å². The maximum atomic E-state index is 10.5. The number of ether oxygens (including phenoxy) is 1. The van der Waals surface area contributed by atoms with E-state index in [1.807, 2.05) is 11.9 Å². The molecule has 4 nitrogen and oxygen atoms in total. The molecule has 1 aromatic carbocycles. The Morgan fingerprint density at radius 2 is 2.29 bits per heavy atom. The quantitative estimate of drug-likeness (QED) is 0.545. The van der Waals surface area contributed by atoms with Crippen LogP contribution in [0.25, 0.3) is 0 Å². The number of aldehydes is 1. The molecule has 0 bridgehead atoms. The van der Waals surface area contributed by atoms with Gasteiger partial charge >= 0.3 is 105 Å². The van der Waals surface area contributed by atoms with Gasteiger partial charge in [-0.2, -0.15) is 0 Å². The van der Waals surface area contributed by atoms with Crippen molar-refractivity contribution in [1.82, 2.24) is 4.90 Å². The average Bonchev–Trinajstić information content (AvgIpc) is 2.31. The Morgan fingerprint density at radius 1 is 1.53 bits per heavy atom. The van der Waals surface area contributed by atoms with Crippen LogP contribution < -0.4 is 4.74 Å². The standard InChI is InChI=1S/C11H13BClNO3/c1-14(8-12-16)4-5-17-11-3-2-9(7-15)6-10(11)13/h2-3,6-7H,4-5,8H2,1H3. The average molecular weight is 253 g/mol. The number of likely N-dealkylation sites (N-methyl/N-ethyl adjacent to an activating group) is 1. The fourth-order valence-corrected chi connectivity index (χ4v) is 1.48. The molecule has 0 aliphatic heterocycles. The van der Waals surface area contributed by atoms with Gasteiger partial charge < -0.3 is 0 Å². The summed E-state index contributed by atoms with van der Waals surface area (Å²) in [5.74, 6) is 0.539. The van der Waals surface area contributed by atoms with E-state index in [1.165, 1.54) is 0 Å². The van der Waals surface area contributed by atoms with Crippen LogP contribution in [-0.4, -0.2) is 45.0 Å². The molecular formula is C11H13BClNO3. The zero-order valence-corrected chi connectivity index (χ0v) is 10.3. The summed E-state index contributed by atoms with van der Waals surface area (Å²) in [6.45, 7) is 1.06. The summed E-state index contributed by atoms with van der Waals surface area (Å²) in [7, 11) is 2.67. The van der Waals surface area contributed by atoms with Crippen molar-refractivity contribution in [3.63, 3.8) is 0 Å². The second kappa shape index (κ2) is 7.19. The molecule has 0 saturated heterocycles. The first-order chi connectivity index (χ1) is 8.17. The summed E-state index contributed by atoms with van der Waals surface area (Å²) >= 11 is 5.93. The Bertz CT molecular complexity index is 400. The molecular weight excluding hydrogens is 240 g/mol. The zero-order valence-electron chi connectivity index (χ0n) is 9.56. The van der Waals surface area contributed by atoms with Crippen molar-refractivity contribution in [2.24, 2.45) is 0 Å². The van der Waals surface area contributed by atoms with E-state index in [1.54, 1.807) is 18.2 Å². The third kappa shape index (κ3) is 4.67. The molecule has 0 fully saturated rings. The van der Waals surface area contributed by atoms with Crippen molar-refractivity contribution in [2.75, 3.05) is 26.6 Å². The van der Waals surface area contributed by atoms with Crippen LogP contribution in [0.15, 0.2) is 18.2 Å². The molecule has 17 heavy (non-hydrogen) atoms. The molecule has 0 unspecified atom stereocenters. The molecule has 1 aromatic rings. The topological polar surface area (TPSA) is 46.6 Å². The normalized spacial score (nSPS) is 10.1. The SMILES string of the molecule is CN(CB=O)CCOc1ccc(C=O)cc1Cl. The van der Waals surface area contributed by atoms with E-state index < -0.39 is 0 Å². The zero-order chi connectivity index (χ0) is 12.7. The van der Waals surface area contributed by atoms with Gasteiger partial charge in [0.2, 0.25) is 0 Å². The molecule has 90 valence electrons. The van der Waals surface area contributed by atoms with Gasteiger partial charge in [-0.3, -0.25) is 0 Å². The van der Waals surface area contributed by atoms with Crippen LogP contribution in [0.5, 0.6) is 5.75 Å². The minimum absolute atomic E-state index is 0.376. The van der Waals surface area contributed by atoms with Crippen LogP contribution in [0.3, 0.4) is 0 Å². The summed E-state index contributed by atoms with van der Waals surface area (Å²) in [5, 5.41) is 0.410. The molecule has 0 N–H and O–H groups in total. The van der Waals surface area contributed by atoms with Crippen molar-refractivity contribution < 1.29 is 14.2 Å².